The number of aryl methyl sites for hydroxylation is 1. The van der Waals surface area contributed by atoms with Crippen molar-refractivity contribution < 1.29 is 14.6 Å². The first-order valence-corrected chi connectivity index (χ1v) is 6.57. The standard InChI is InChI=1S/C17H18O3/c1-12-15(18)11-9-14(17(12)20-2)16(19)10-8-13-6-4-3-5-7-13/h3-7,9,11,18H,8,10H2,1-2H3. The number of rotatable bonds is 5. The molecule has 0 aliphatic carbocycles. The Bertz CT molecular complexity index is 603. The van der Waals surface area contributed by atoms with Crippen LogP contribution in [0.25, 0.3) is 0 Å². The summed E-state index contributed by atoms with van der Waals surface area (Å²) in [4.78, 5) is 12.3. The second-order valence-electron chi connectivity index (χ2n) is 4.70. The van der Waals surface area contributed by atoms with Crippen LogP contribution in [0.3, 0.4) is 0 Å². The molecule has 2 aromatic rings. The van der Waals surface area contributed by atoms with Gasteiger partial charge in [-0.3, -0.25) is 4.79 Å². The molecule has 0 aliphatic heterocycles. The molecule has 1 N–H and O–H groups in total. The maximum atomic E-state index is 12.3. The Morgan fingerprint density at radius 1 is 1.15 bits per heavy atom. The summed E-state index contributed by atoms with van der Waals surface area (Å²) in [7, 11) is 1.51. The highest BCUT2D eigenvalue weighted by atomic mass is 16.5. The van der Waals surface area contributed by atoms with Gasteiger partial charge in [-0.05, 0) is 31.0 Å². The highest BCUT2D eigenvalue weighted by Gasteiger charge is 2.16. The molecule has 2 aromatic carbocycles. The van der Waals surface area contributed by atoms with Gasteiger partial charge in [-0.2, -0.15) is 0 Å². The number of ether oxygens (including phenoxy) is 1. The van der Waals surface area contributed by atoms with E-state index < -0.39 is 0 Å². The molecule has 2 rings (SSSR count). The van der Waals surface area contributed by atoms with Crippen molar-refractivity contribution in [2.24, 2.45) is 0 Å². The average molecular weight is 270 g/mol. The van der Waals surface area contributed by atoms with Crippen LogP contribution in [0.15, 0.2) is 42.5 Å². The molecule has 0 aromatic heterocycles. The smallest absolute Gasteiger partial charge is 0.166 e. The van der Waals surface area contributed by atoms with Crippen LogP contribution >= 0.6 is 0 Å². The Kier molecular flexibility index (Phi) is 4.41. The fraction of sp³-hybridized carbons (Fsp3) is 0.235. The minimum atomic E-state index is 0.0220. The van der Waals surface area contributed by atoms with E-state index in [2.05, 4.69) is 0 Å². The van der Waals surface area contributed by atoms with Crippen LogP contribution in [-0.4, -0.2) is 18.0 Å². The Hall–Kier alpha value is -2.29. The fourth-order valence-electron chi connectivity index (χ4n) is 2.20. The van der Waals surface area contributed by atoms with Gasteiger partial charge in [0.1, 0.15) is 11.5 Å². The maximum Gasteiger partial charge on any atom is 0.166 e. The van der Waals surface area contributed by atoms with Crippen molar-refractivity contribution in [1.82, 2.24) is 0 Å². The molecule has 0 heterocycles. The third-order valence-corrected chi connectivity index (χ3v) is 3.37. The molecule has 0 spiro atoms. The lowest BCUT2D eigenvalue weighted by molar-refractivity contribution is 0.0979. The Morgan fingerprint density at radius 3 is 2.50 bits per heavy atom. The molecule has 0 unspecified atom stereocenters. The van der Waals surface area contributed by atoms with Gasteiger partial charge in [-0.15, -0.1) is 0 Å². The topological polar surface area (TPSA) is 46.5 Å². The van der Waals surface area contributed by atoms with Gasteiger partial charge in [0.25, 0.3) is 0 Å². The molecule has 0 radical (unpaired) electrons. The van der Waals surface area contributed by atoms with Gasteiger partial charge in [-0.25, -0.2) is 0 Å². The van der Waals surface area contributed by atoms with E-state index in [1.165, 1.54) is 13.2 Å². The number of benzene rings is 2. The van der Waals surface area contributed by atoms with Gasteiger partial charge in [0.15, 0.2) is 5.78 Å². The van der Waals surface area contributed by atoms with Crippen molar-refractivity contribution in [3.63, 3.8) is 0 Å². The molecule has 0 aliphatic rings. The van der Waals surface area contributed by atoms with E-state index in [9.17, 15) is 9.90 Å². The number of carbonyl (C=O) groups excluding carboxylic acids is 1. The van der Waals surface area contributed by atoms with Crippen LogP contribution in [0, 0.1) is 6.92 Å². The minimum absolute atomic E-state index is 0.0220. The van der Waals surface area contributed by atoms with E-state index in [0.29, 0.717) is 29.7 Å². The van der Waals surface area contributed by atoms with Crippen molar-refractivity contribution in [3.05, 3.63) is 59.2 Å². The van der Waals surface area contributed by atoms with Crippen LogP contribution < -0.4 is 4.74 Å². The molecular formula is C17H18O3. The Labute approximate surface area is 118 Å². The van der Waals surface area contributed by atoms with Crippen LogP contribution in [0.4, 0.5) is 0 Å². The lowest BCUT2D eigenvalue weighted by Gasteiger charge is -2.11. The van der Waals surface area contributed by atoms with Crippen LogP contribution in [0.5, 0.6) is 11.5 Å². The number of aromatic hydroxyl groups is 1. The van der Waals surface area contributed by atoms with Gasteiger partial charge >= 0.3 is 0 Å². The number of phenols is 1. The van der Waals surface area contributed by atoms with Crippen molar-refractivity contribution in [2.45, 2.75) is 19.8 Å². The van der Waals surface area contributed by atoms with Crippen molar-refractivity contribution in [1.29, 1.82) is 0 Å². The van der Waals surface area contributed by atoms with Crippen LogP contribution in [0.1, 0.15) is 27.9 Å². The van der Waals surface area contributed by atoms with E-state index >= 15 is 0 Å². The van der Waals surface area contributed by atoms with Gasteiger partial charge in [0, 0.05) is 12.0 Å². The monoisotopic (exact) mass is 270 g/mol. The molecular weight excluding hydrogens is 252 g/mol. The summed E-state index contributed by atoms with van der Waals surface area (Å²) in [6.45, 7) is 1.74. The molecule has 0 amide bonds. The van der Waals surface area contributed by atoms with Crippen molar-refractivity contribution in [3.8, 4) is 11.5 Å². The summed E-state index contributed by atoms with van der Waals surface area (Å²) in [6, 6.07) is 13.1. The number of carbonyl (C=O) groups is 1. The lowest BCUT2D eigenvalue weighted by Crippen LogP contribution is -2.05. The van der Waals surface area contributed by atoms with Crippen molar-refractivity contribution in [2.75, 3.05) is 7.11 Å². The van der Waals surface area contributed by atoms with Gasteiger partial charge in [0.05, 0.1) is 12.7 Å². The number of phenolic OH excluding ortho intramolecular Hbond substituents is 1. The molecule has 0 saturated carbocycles. The average Bonchev–Trinajstić information content (AvgIpc) is 2.48. The van der Waals surface area contributed by atoms with Gasteiger partial charge in [0.2, 0.25) is 0 Å². The minimum Gasteiger partial charge on any atom is -0.508 e. The first kappa shape index (κ1) is 14.1. The largest absolute Gasteiger partial charge is 0.508 e. The van der Waals surface area contributed by atoms with Crippen molar-refractivity contribution >= 4 is 5.78 Å². The second-order valence-corrected chi connectivity index (χ2v) is 4.70. The lowest BCUT2D eigenvalue weighted by atomic mass is 10.00. The highest BCUT2D eigenvalue weighted by molar-refractivity contribution is 5.99. The summed E-state index contributed by atoms with van der Waals surface area (Å²) in [5, 5.41) is 9.65. The zero-order chi connectivity index (χ0) is 14.5. The number of methoxy groups -OCH3 is 1. The molecule has 0 bridgehead atoms. The van der Waals surface area contributed by atoms with E-state index in [0.717, 1.165) is 5.56 Å². The molecule has 20 heavy (non-hydrogen) atoms. The molecule has 0 atom stereocenters. The van der Waals surface area contributed by atoms with Crippen LogP contribution in [-0.2, 0) is 6.42 Å². The summed E-state index contributed by atoms with van der Waals surface area (Å²) >= 11 is 0. The number of hydrogen-bond acceptors (Lipinski definition) is 3. The Morgan fingerprint density at radius 2 is 1.85 bits per heavy atom. The number of Topliss-reactive ketones (excluding diaryl/α,β-unsaturated/α-hetero) is 1. The second kappa shape index (κ2) is 6.24. The van der Waals surface area contributed by atoms with E-state index in [1.807, 2.05) is 30.3 Å². The number of hydrogen-bond donors (Lipinski definition) is 1. The first-order chi connectivity index (χ1) is 9.63. The normalized spacial score (nSPS) is 10.3. The quantitative estimate of drug-likeness (QED) is 0.845. The third-order valence-electron chi connectivity index (χ3n) is 3.37. The summed E-state index contributed by atoms with van der Waals surface area (Å²) in [6.07, 6.45) is 1.12. The predicted molar refractivity (Wildman–Crippen MR) is 78.5 cm³/mol. The van der Waals surface area contributed by atoms with E-state index in [-0.39, 0.29) is 11.5 Å². The molecule has 0 saturated heterocycles. The predicted octanol–water partition coefficient (Wildman–Crippen LogP) is 3.52. The molecule has 104 valence electrons. The first-order valence-electron chi connectivity index (χ1n) is 6.57. The maximum absolute atomic E-state index is 12.3. The summed E-state index contributed by atoms with van der Waals surface area (Å²) in [5.41, 5.74) is 2.26. The highest BCUT2D eigenvalue weighted by Crippen LogP contribution is 2.31. The number of ketones is 1. The Balaban J connectivity index is 2.16. The van der Waals surface area contributed by atoms with Crippen LogP contribution in [0.2, 0.25) is 0 Å². The van der Waals surface area contributed by atoms with Gasteiger partial charge < -0.3 is 9.84 Å². The third kappa shape index (κ3) is 2.99. The van der Waals surface area contributed by atoms with Gasteiger partial charge in [-0.1, -0.05) is 30.3 Å². The molecule has 0 fully saturated rings. The zero-order valence-corrected chi connectivity index (χ0v) is 11.7. The zero-order valence-electron chi connectivity index (χ0n) is 11.7. The summed E-state index contributed by atoms with van der Waals surface area (Å²) < 4.78 is 5.25. The molecule has 3 heteroatoms. The van der Waals surface area contributed by atoms with E-state index in [4.69, 9.17) is 4.74 Å². The fourth-order valence-corrected chi connectivity index (χ4v) is 2.20. The molecule has 3 nitrogen and oxygen atoms in total. The summed E-state index contributed by atoms with van der Waals surface area (Å²) in [5.74, 6) is 0.623. The van der Waals surface area contributed by atoms with E-state index in [1.54, 1.807) is 13.0 Å². The SMILES string of the molecule is COc1c(C(=O)CCc2ccccc2)ccc(O)c1C.